The maximum Gasteiger partial charge on any atom is 0.328 e. The molecule has 0 aromatic carbocycles. The summed E-state index contributed by atoms with van der Waals surface area (Å²) in [6, 6.07) is 1.82. The maximum atomic E-state index is 10.2. The molecule has 1 rings (SSSR count). The highest BCUT2D eigenvalue weighted by molar-refractivity contribution is 5.84. The van der Waals surface area contributed by atoms with Gasteiger partial charge >= 0.3 is 5.97 Å². The number of carboxylic acid groups (broad SMARTS) is 1. The van der Waals surface area contributed by atoms with Crippen LogP contribution in [0.1, 0.15) is 11.4 Å². The zero-order valence-electron chi connectivity index (χ0n) is 6.98. The van der Waals surface area contributed by atoms with Crippen LogP contribution < -0.4 is 0 Å². The van der Waals surface area contributed by atoms with Crippen molar-refractivity contribution in [1.82, 2.24) is 9.78 Å². The molecule has 0 saturated heterocycles. The highest BCUT2D eigenvalue weighted by Gasteiger charge is 1.97. The molecule has 0 aliphatic rings. The van der Waals surface area contributed by atoms with Gasteiger partial charge in [-0.1, -0.05) is 0 Å². The molecule has 4 nitrogen and oxygen atoms in total. The lowest BCUT2D eigenvalue weighted by Gasteiger charge is -1.91. The molecule has 12 heavy (non-hydrogen) atoms. The van der Waals surface area contributed by atoms with Crippen LogP contribution >= 0.6 is 0 Å². The number of nitrogens with zero attached hydrogens (tertiary/aromatic N) is 2. The lowest BCUT2D eigenvalue weighted by Crippen LogP contribution is -1.93. The second-order valence-corrected chi connectivity index (χ2v) is 2.51. The van der Waals surface area contributed by atoms with Crippen LogP contribution in [-0.4, -0.2) is 20.9 Å². The van der Waals surface area contributed by atoms with Gasteiger partial charge in [0.25, 0.3) is 0 Å². The number of carbonyl (C=O) groups is 1. The quantitative estimate of drug-likeness (QED) is 0.662. The zero-order valence-corrected chi connectivity index (χ0v) is 6.98. The molecule has 1 heterocycles. The third kappa shape index (κ3) is 1.95. The molecule has 1 aromatic rings. The van der Waals surface area contributed by atoms with Gasteiger partial charge < -0.3 is 5.11 Å². The number of aryl methyl sites for hydroxylation is 2. The molecular formula is C8H10N2O2. The third-order valence-corrected chi connectivity index (χ3v) is 1.43. The van der Waals surface area contributed by atoms with Crippen molar-refractivity contribution in [2.24, 2.45) is 7.05 Å². The van der Waals surface area contributed by atoms with E-state index in [1.807, 2.05) is 13.0 Å². The molecule has 1 N–H and O–H groups in total. The SMILES string of the molecule is Cc1cc(/C=C/C(=O)O)n(C)n1. The van der Waals surface area contributed by atoms with Gasteiger partial charge in [0.05, 0.1) is 11.4 Å². The largest absolute Gasteiger partial charge is 0.478 e. The van der Waals surface area contributed by atoms with Crippen LogP contribution in [0.4, 0.5) is 0 Å². The number of hydrogen-bond donors (Lipinski definition) is 1. The van der Waals surface area contributed by atoms with E-state index in [4.69, 9.17) is 5.11 Å². The van der Waals surface area contributed by atoms with Crippen molar-refractivity contribution in [2.75, 3.05) is 0 Å². The molecular weight excluding hydrogens is 156 g/mol. The second kappa shape index (κ2) is 3.21. The monoisotopic (exact) mass is 166 g/mol. The summed E-state index contributed by atoms with van der Waals surface area (Å²) in [6.07, 6.45) is 2.61. The summed E-state index contributed by atoms with van der Waals surface area (Å²) in [5.41, 5.74) is 1.66. The van der Waals surface area contributed by atoms with Crippen molar-refractivity contribution in [3.63, 3.8) is 0 Å². The Morgan fingerprint density at radius 1 is 1.75 bits per heavy atom. The first kappa shape index (κ1) is 8.52. The van der Waals surface area contributed by atoms with Gasteiger partial charge in [-0.3, -0.25) is 4.68 Å². The van der Waals surface area contributed by atoms with E-state index in [0.717, 1.165) is 17.5 Å². The van der Waals surface area contributed by atoms with Crippen molar-refractivity contribution in [3.8, 4) is 0 Å². The molecule has 0 aliphatic heterocycles. The number of aliphatic carboxylic acids is 1. The summed E-state index contributed by atoms with van der Waals surface area (Å²) in [5.74, 6) is -0.950. The van der Waals surface area contributed by atoms with Gasteiger partial charge in [0.1, 0.15) is 0 Å². The molecule has 4 heteroatoms. The minimum atomic E-state index is -0.950. The highest BCUT2D eigenvalue weighted by atomic mass is 16.4. The Labute approximate surface area is 70.1 Å². The molecule has 0 unspecified atom stereocenters. The molecule has 0 aliphatic carbocycles. The van der Waals surface area contributed by atoms with E-state index in [-0.39, 0.29) is 0 Å². The van der Waals surface area contributed by atoms with Crippen molar-refractivity contribution in [1.29, 1.82) is 0 Å². The van der Waals surface area contributed by atoms with Crippen molar-refractivity contribution in [3.05, 3.63) is 23.5 Å². The molecule has 0 saturated carbocycles. The fraction of sp³-hybridized carbons (Fsp3) is 0.250. The summed E-state index contributed by atoms with van der Waals surface area (Å²) in [6.45, 7) is 1.86. The van der Waals surface area contributed by atoms with Crippen LogP contribution in [0.2, 0.25) is 0 Å². The predicted octanol–water partition coefficient (Wildman–Crippen LogP) is 0.826. The summed E-state index contributed by atoms with van der Waals surface area (Å²) >= 11 is 0. The van der Waals surface area contributed by atoms with Crippen LogP contribution in [-0.2, 0) is 11.8 Å². The molecule has 0 bridgehead atoms. The molecule has 0 amide bonds. The Hall–Kier alpha value is -1.58. The smallest absolute Gasteiger partial charge is 0.328 e. The van der Waals surface area contributed by atoms with Gasteiger partial charge in [-0.05, 0) is 19.1 Å². The van der Waals surface area contributed by atoms with E-state index in [2.05, 4.69) is 5.10 Å². The van der Waals surface area contributed by atoms with Gasteiger partial charge in [0.2, 0.25) is 0 Å². The lowest BCUT2D eigenvalue weighted by molar-refractivity contribution is -0.131. The van der Waals surface area contributed by atoms with E-state index >= 15 is 0 Å². The van der Waals surface area contributed by atoms with Crippen molar-refractivity contribution < 1.29 is 9.90 Å². The molecule has 0 atom stereocenters. The van der Waals surface area contributed by atoms with Gasteiger partial charge in [0, 0.05) is 13.1 Å². The molecule has 0 spiro atoms. The van der Waals surface area contributed by atoms with Crippen molar-refractivity contribution >= 4 is 12.0 Å². The number of aromatic nitrogens is 2. The van der Waals surface area contributed by atoms with E-state index in [0.29, 0.717) is 0 Å². The van der Waals surface area contributed by atoms with Gasteiger partial charge in [0.15, 0.2) is 0 Å². The number of carboxylic acids is 1. The van der Waals surface area contributed by atoms with Gasteiger partial charge in [-0.2, -0.15) is 5.10 Å². The predicted molar refractivity (Wildman–Crippen MR) is 44.6 cm³/mol. The fourth-order valence-corrected chi connectivity index (χ4v) is 0.943. The second-order valence-electron chi connectivity index (χ2n) is 2.51. The molecule has 0 radical (unpaired) electrons. The van der Waals surface area contributed by atoms with E-state index in [1.54, 1.807) is 11.7 Å². The van der Waals surface area contributed by atoms with Crippen LogP contribution in [0.15, 0.2) is 12.1 Å². The third-order valence-electron chi connectivity index (χ3n) is 1.43. The van der Waals surface area contributed by atoms with Crippen molar-refractivity contribution in [2.45, 2.75) is 6.92 Å². The average Bonchev–Trinajstić information content (AvgIpc) is 2.26. The van der Waals surface area contributed by atoms with E-state index < -0.39 is 5.97 Å². The van der Waals surface area contributed by atoms with Crippen LogP contribution in [0, 0.1) is 6.92 Å². The Morgan fingerprint density at radius 2 is 2.42 bits per heavy atom. The molecule has 0 fully saturated rings. The Morgan fingerprint density at radius 3 is 2.83 bits per heavy atom. The summed E-state index contributed by atoms with van der Waals surface area (Å²) in [4.78, 5) is 10.2. The normalized spacial score (nSPS) is 10.8. The van der Waals surface area contributed by atoms with E-state index in [9.17, 15) is 4.79 Å². The highest BCUT2D eigenvalue weighted by Crippen LogP contribution is 2.03. The zero-order chi connectivity index (χ0) is 9.14. The first-order valence-corrected chi connectivity index (χ1v) is 3.51. The summed E-state index contributed by atoms with van der Waals surface area (Å²) < 4.78 is 1.63. The first-order valence-electron chi connectivity index (χ1n) is 3.51. The van der Waals surface area contributed by atoms with Gasteiger partial charge in [-0.25, -0.2) is 4.79 Å². The summed E-state index contributed by atoms with van der Waals surface area (Å²) in [5, 5.41) is 12.4. The minimum Gasteiger partial charge on any atom is -0.478 e. The Kier molecular flexibility index (Phi) is 2.28. The minimum absolute atomic E-state index is 0.787. The van der Waals surface area contributed by atoms with Crippen LogP contribution in [0.3, 0.4) is 0 Å². The average molecular weight is 166 g/mol. The standard InChI is InChI=1S/C8H10N2O2/c1-6-5-7(10(2)9-6)3-4-8(11)12/h3-5H,1-2H3,(H,11,12)/b4-3+. The lowest BCUT2D eigenvalue weighted by atomic mass is 10.3. The van der Waals surface area contributed by atoms with E-state index in [1.165, 1.54) is 6.08 Å². The number of rotatable bonds is 2. The Balaban J connectivity index is 2.89. The van der Waals surface area contributed by atoms with Gasteiger partial charge in [-0.15, -0.1) is 0 Å². The summed E-state index contributed by atoms with van der Waals surface area (Å²) in [7, 11) is 1.77. The fourth-order valence-electron chi connectivity index (χ4n) is 0.943. The Bertz CT molecular complexity index is 326. The number of hydrogen-bond acceptors (Lipinski definition) is 2. The topological polar surface area (TPSA) is 55.1 Å². The van der Waals surface area contributed by atoms with Crippen LogP contribution in [0.5, 0.6) is 0 Å². The maximum absolute atomic E-state index is 10.2. The molecule has 64 valence electrons. The first-order chi connectivity index (χ1) is 5.59. The molecule has 1 aromatic heterocycles. The van der Waals surface area contributed by atoms with Crippen LogP contribution in [0.25, 0.3) is 6.08 Å².